The Hall–Kier alpha value is -1.54. The van der Waals surface area contributed by atoms with E-state index in [1.54, 1.807) is 0 Å². The van der Waals surface area contributed by atoms with Crippen molar-refractivity contribution in [3.05, 3.63) is 29.8 Å². The van der Waals surface area contributed by atoms with Crippen LogP contribution in [0.2, 0.25) is 0 Å². The summed E-state index contributed by atoms with van der Waals surface area (Å²) in [6.45, 7) is 2.68. The molecule has 0 aliphatic heterocycles. The maximum absolute atomic E-state index is 13.1. The molecule has 20 heavy (non-hydrogen) atoms. The molecule has 0 fully saturated rings. The molecule has 1 unspecified atom stereocenters. The first-order valence-corrected chi connectivity index (χ1v) is 7.32. The number of nitrogens with zero attached hydrogens (tertiary/aromatic N) is 1. The monoisotopic (exact) mass is 307 g/mol. The molecule has 1 rings (SSSR count). The second-order valence-corrected chi connectivity index (χ2v) is 6.21. The number of sulfonamides is 1. The van der Waals surface area contributed by atoms with Crippen molar-refractivity contribution in [2.45, 2.75) is 18.7 Å². The normalized spacial score (nSPS) is 13.4. The summed E-state index contributed by atoms with van der Waals surface area (Å²) in [6.07, 6.45) is 0. The average molecular weight is 307 g/mol. The van der Waals surface area contributed by atoms with Crippen LogP contribution in [-0.4, -0.2) is 36.9 Å². The molecule has 0 saturated heterocycles. The van der Waals surface area contributed by atoms with Crippen LogP contribution < -0.4 is 0 Å². The predicted molar refractivity (Wildman–Crippen MR) is 67.6 cm³/mol. The Labute approximate surface area is 115 Å². The van der Waals surface area contributed by atoms with Gasteiger partial charge in [-0.3, -0.25) is 4.79 Å². The topological polar surface area (TPSA) is 74.7 Å². The fourth-order valence-electron chi connectivity index (χ4n) is 1.57. The smallest absolute Gasteiger partial charge is 0.307 e. The van der Waals surface area contributed by atoms with Gasteiger partial charge in [0.05, 0.1) is 10.8 Å². The van der Waals surface area contributed by atoms with Crippen molar-refractivity contribution in [3.8, 4) is 0 Å². The summed E-state index contributed by atoms with van der Waals surface area (Å²) < 4.78 is 51.3. The molecule has 0 spiro atoms. The molecule has 0 aliphatic carbocycles. The third-order valence-corrected chi connectivity index (χ3v) is 4.72. The van der Waals surface area contributed by atoms with Crippen LogP contribution in [-0.2, 0) is 14.8 Å². The summed E-state index contributed by atoms with van der Waals surface area (Å²) >= 11 is 0. The van der Waals surface area contributed by atoms with Crippen LogP contribution in [0.3, 0.4) is 0 Å². The molecule has 0 radical (unpaired) electrons. The van der Waals surface area contributed by atoms with Crippen LogP contribution >= 0.6 is 0 Å². The minimum Gasteiger partial charge on any atom is -0.481 e. The summed E-state index contributed by atoms with van der Waals surface area (Å²) in [7, 11) is -4.06. The maximum Gasteiger partial charge on any atom is 0.307 e. The predicted octanol–water partition coefficient (Wildman–Crippen LogP) is 1.70. The highest BCUT2D eigenvalue weighted by Crippen LogP contribution is 2.19. The Balaban J connectivity index is 3.11. The minimum absolute atomic E-state index is 0.0267. The van der Waals surface area contributed by atoms with Crippen molar-refractivity contribution in [3.63, 3.8) is 0 Å². The fraction of sp³-hybridized carbons (Fsp3) is 0.417. The number of carboxylic acids is 1. The maximum atomic E-state index is 13.1. The molecule has 5 nitrogen and oxygen atoms in total. The highest BCUT2D eigenvalue weighted by atomic mass is 32.2. The van der Waals surface area contributed by atoms with Gasteiger partial charge >= 0.3 is 5.97 Å². The van der Waals surface area contributed by atoms with Gasteiger partial charge in [0.2, 0.25) is 10.0 Å². The second kappa shape index (κ2) is 6.27. The van der Waals surface area contributed by atoms with Gasteiger partial charge in [0.25, 0.3) is 0 Å². The van der Waals surface area contributed by atoms with E-state index in [2.05, 4.69) is 0 Å². The fourth-order valence-corrected chi connectivity index (χ4v) is 3.12. The highest BCUT2D eigenvalue weighted by Gasteiger charge is 2.27. The van der Waals surface area contributed by atoms with Crippen molar-refractivity contribution in [2.24, 2.45) is 5.92 Å². The van der Waals surface area contributed by atoms with Crippen LogP contribution in [0, 0.1) is 17.6 Å². The van der Waals surface area contributed by atoms with Crippen LogP contribution in [0.4, 0.5) is 8.78 Å². The summed E-state index contributed by atoms with van der Waals surface area (Å²) in [4.78, 5) is 10.4. The second-order valence-electron chi connectivity index (χ2n) is 4.27. The molecule has 0 aromatic heterocycles. The van der Waals surface area contributed by atoms with Gasteiger partial charge in [-0.25, -0.2) is 17.2 Å². The zero-order valence-corrected chi connectivity index (χ0v) is 11.8. The third-order valence-electron chi connectivity index (χ3n) is 2.78. The quantitative estimate of drug-likeness (QED) is 0.868. The summed E-state index contributed by atoms with van der Waals surface area (Å²) in [5.74, 6) is -4.46. The minimum atomic E-state index is -4.06. The number of carbonyl (C=O) groups is 1. The number of carboxylic acid groups (broad SMARTS) is 1. The van der Waals surface area contributed by atoms with E-state index in [0.29, 0.717) is 6.07 Å². The lowest BCUT2D eigenvalue weighted by Crippen LogP contribution is -2.36. The van der Waals surface area contributed by atoms with E-state index in [9.17, 15) is 22.0 Å². The molecule has 1 aromatic carbocycles. The molecule has 1 aromatic rings. The summed E-state index contributed by atoms with van der Waals surface area (Å²) in [6, 6.07) is 2.25. The van der Waals surface area contributed by atoms with Gasteiger partial charge in [0.15, 0.2) is 11.6 Å². The largest absolute Gasteiger partial charge is 0.481 e. The van der Waals surface area contributed by atoms with E-state index in [0.717, 1.165) is 16.4 Å². The Morgan fingerprint density at radius 2 is 1.95 bits per heavy atom. The van der Waals surface area contributed by atoms with E-state index in [4.69, 9.17) is 5.11 Å². The SMILES string of the molecule is CCN(CC(C)C(=O)O)S(=O)(=O)c1ccc(F)c(F)c1. The standard InChI is InChI=1S/C12H15F2NO4S/c1-3-15(7-8(2)12(16)17)20(18,19)9-4-5-10(13)11(14)6-9/h4-6,8H,3,7H2,1-2H3,(H,16,17). The Morgan fingerprint density at radius 3 is 2.40 bits per heavy atom. The number of hydrogen-bond acceptors (Lipinski definition) is 3. The zero-order valence-electron chi connectivity index (χ0n) is 11.0. The first kappa shape index (κ1) is 16.5. The Kier molecular flexibility index (Phi) is 5.18. The van der Waals surface area contributed by atoms with Gasteiger partial charge in [-0.1, -0.05) is 13.8 Å². The van der Waals surface area contributed by atoms with Crippen molar-refractivity contribution in [1.82, 2.24) is 4.31 Å². The molecule has 112 valence electrons. The molecular weight excluding hydrogens is 292 g/mol. The highest BCUT2D eigenvalue weighted by molar-refractivity contribution is 7.89. The van der Waals surface area contributed by atoms with Gasteiger partial charge < -0.3 is 5.11 Å². The first-order valence-electron chi connectivity index (χ1n) is 5.88. The number of rotatable bonds is 6. The van der Waals surface area contributed by atoms with E-state index in [1.807, 2.05) is 0 Å². The Bertz CT molecular complexity index is 603. The average Bonchev–Trinajstić information content (AvgIpc) is 2.38. The van der Waals surface area contributed by atoms with E-state index in [-0.39, 0.29) is 13.1 Å². The molecule has 0 amide bonds. The van der Waals surface area contributed by atoms with Crippen LogP contribution in [0.5, 0.6) is 0 Å². The number of hydrogen-bond donors (Lipinski definition) is 1. The van der Waals surface area contributed by atoms with Crippen molar-refractivity contribution in [2.75, 3.05) is 13.1 Å². The first-order chi connectivity index (χ1) is 9.20. The molecule has 0 saturated carbocycles. The summed E-state index contributed by atoms with van der Waals surface area (Å²) in [5.41, 5.74) is 0. The third kappa shape index (κ3) is 3.51. The molecule has 1 N–H and O–H groups in total. The number of halogens is 2. The van der Waals surface area contributed by atoms with Gasteiger partial charge in [-0.15, -0.1) is 0 Å². The molecule has 8 heteroatoms. The van der Waals surface area contributed by atoms with Gasteiger partial charge in [0.1, 0.15) is 0 Å². The lowest BCUT2D eigenvalue weighted by Gasteiger charge is -2.22. The van der Waals surface area contributed by atoms with E-state index >= 15 is 0 Å². The van der Waals surface area contributed by atoms with Crippen LogP contribution in [0.25, 0.3) is 0 Å². The van der Waals surface area contributed by atoms with Gasteiger partial charge in [0, 0.05) is 13.1 Å². The lowest BCUT2D eigenvalue weighted by molar-refractivity contribution is -0.141. The van der Waals surface area contributed by atoms with Crippen LogP contribution in [0.1, 0.15) is 13.8 Å². The van der Waals surface area contributed by atoms with Crippen molar-refractivity contribution < 1.29 is 27.1 Å². The lowest BCUT2D eigenvalue weighted by atomic mass is 10.2. The molecule has 1 atom stereocenters. The number of benzene rings is 1. The molecular formula is C12H15F2NO4S. The van der Waals surface area contributed by atoms with Crippen LogP contribution in [0.15, 0.2) is 23.1 Å². The van der Waals surface area contributed by atoms with E-state index < -0.39 is 38.4 Å². The molecule has 0 bridgehead atoms. The summed E-state index contributed by atoms with van der Waals surface area (Å²) in [5, 5.41) is 8.81. The van der Waals surface area contributed by atoms with Crippen molar-refractivity contribution in [1.29, 1.82) is 0 Å². The van der Waals surface area contributed by atoms with Gasteiger partial charge in [-0.05, 0) is 18.2 Å². The molecule has 0 heterocycles. The Morgan fingerprint density at radius 1 is 1.35 bits per heavy atom. The zero-order chi connectivity index (χ0) is 15.5. The number of aliphatic carboxylic acids is 1. The van der Waals surface area contributed by atoms with E-state index in [1.165, 1.54) is 13.8 Å². The van der Waals surface area contributed by atoms with Crippen molar-refractivity contribution >= 4 is 16.0 Å². The molecule has 0 aliphatic rings. The van der Waals surface area contributed by atoms with Gasteiger partial charge in [-0.2, -0.15) is 4.31 Å².